The number of nitrogens with two attached hydrogens (primary N) is 1. The molecule has 0 aliphatic rings. The predicted molar refractivity (Wildman–Crippen MR) is 67.4 cm³/mol. The van der Waals surface area contributed by atoms with Gasteiger partial charge in [0, 0.05) is 12.2 Å². The first-order chi connectivity index (χ1) is 7.56. The Kier molecular flexibility index (Phi) is 4.35. The highest BCUT2D eigenvalue weighted by molar-refractivity contribution is 5.77. The molecule has 1 aromatic carbocycles. The Bertz CT molecular complexity index is 374. The van der Waals surface area contributed by atoms with Gasteiger partial charge in [0.25, 0.3) is 0 Å². The molecule has 0 heterocycles. The second-order valence-electron chi connectivity index (χ2n) is 4.15. The lowest BCUT2D eigenvalue weighted by Crippen LogP contribution is -2.27. The molecule has 88 valence electrons. The number of para-hydroxylation sites is 1. The van der Waals surface area contributed by atoms with Crippen molar-refractivity contribution in [1.82, 2.24) is 0 Å². The lowest BCUT2D eigenvalue weighted by Gasteiger charge is -2.16. The lowest BCUT2D eigenvalue weighted by atomic mass is 10.0. The lowest BCUT2D eigenvalue weighted by molar-refractivity contribution is -0.120. The maximum atomic E-state index is 10.9. The van der Waals surface area contributed by atoms with Gasteiger partial charge in [-0.2, -0.15) is 0 Å². The van der Waals surface area contributed by atoms with Crippen LogP contribution in [0.5, 0.6) is 0 Å². The summed E-state index contributed by atoms with van der Waals surface area (Å²) < 4.78 is 0. The highest BCUT2D eigenvalue weighted by atomic mass is 16.1. The first-order valence-corrected chi connectivity index (χ1v) is 5.68. The minimum Gasteiger partial charge on any atom is -0.384 e. The van der Waals surface area contributed by atoms with Crippen molar-refractivity contribution in [3.05, 3.63) is 29.3 Å². The van der Waals surface area contributed by atoms with Crippen LogP contribution in [0.4, 0.5) is 5.69 Å². The van der Waals surface area contributed by atoms with Crippen LogP contribution < -0.4 is 11.1 Å². The number of anilines is 1. The fourth-order valence-electron chi connectivity index (χ4n) is 1.63. The molecule has 0 spiro atoms. The summed E-state index contributed by atoms with van der Waals surface area (Å²) >= 11 is 0. The molecular formula is C13H20N2O. The number of nitrogens with one attached hydrogen (secondary N) is 1. The van der Waals surface area contributed by atoms with Crippen molar-refractivity contribution in [1.29, 1.82) is 0 Å². The summed E-state index contributed by atoms with van der Waals surface area (Å²) in [6.07, 6.45) is 0.981. The van der Waals surface area contributed by atoms with Gasteiger partial charge in [0.05, 0.1) is 5.92 Å². The molecule has 3 heteroatoms. The average Bonchev–Trinajstić information content (AvgIpc) is 2.26. The maximum absolute atomic E-state index is 10.9. The number of rotatable bonds is 5. The van der Waals surface area contributed by atoms with Gasteiger partial charge >= 0.3 is 0 Å². The summed E-state index contributed by atoms with van der Waals surface area (Å²) in [6.45, 7) is 6.61. The van der Waals surface area contributed by atoms with Crippen molar-refractivity contribution in [2.24, 2.45) is 11.7 Å². The quantitative estimate of drug-likeness (QED) is 0.798. The molecule has 3 nitrogen and oxygen atoms in total. The Labute approximate surface area is 97.0 Å². The van der Waals surface area contributed by atoms with Gasteiger partial charge in [0.1, 0.15) is 0 Å². The van der Waals surface area contributed by atoms with Gasteiger partial charge < -0.3 is 11.1 Å². The molecule has 1 atom stereocenters. The van der Waals surface area contributed by atoms with E-state index in [0.717, 1.165) is 12.1 Å². The molecule has 1 rings (SSSR count). The van der Waals surface area contributed by atoms with Crippen LogP contribution in [0.3, 0.4) is 0 Å². The zero-order valence-corrected chi connectivity index (χ0v) is 10.2. The highest BCUT2D eigenvalue weighted by Gasteiger charge is 2.10. The highest BCUT2D eigenvalue weighted by Crippen LogP contribution is 2.21. The minimum atomic E-state index is -0.265. The van der Waals surface area contributed by atoms with Crippen molar-refractivity contribution < 1.29 is 4.79 Å². The van der Waals surface area contributed by atoms with Crippen LogP contribution in [0.25, 0.3) is 0 Å². The van der Waals surface area contributed by atoms with E-state index in [0.29, 0.717) is 6.54 Å². The van der Waals surface area contributed by atoms with Crippen LogP contribution in [0.2, 0.25) is 0 Å². The third kappa shape index (κ3) is 2.99. The molecule has 1 unspecified atom stereocenters. The van der Waals surface area contributed by atoms with Crippen LogP contribution in [-0.2, 0) is 11.2 Å². The minimum absolute atomic E-state index is 0.149. The average molecular weight is 220 g/mol. The summed E-state index contributed by atoms with van der Waals surface area (Å²) in [7, 11) is 0. The number of carbonyl (C=O) groups excluding carboxylic acids is 1. The molecule has 0 saturated carbocycles. The fraction of sp³-hybridized carbons (Fsp3) is 0.462. The van der Waals surface area contributed by atoms with E-state index in [4.69, 9.17) is 5.73 Å². The standard InChI is InChI=1S/C13H20N2O/c1-4-11-7-5-6-9(2)12(11)15-8-10(3)13(14)16/h5-7,10,15H,4,8H2,1-3H3,(H2,14,16). The molecule has 3 N–H and O–H groups in total. The Morgan fingerprint density at radius 1 is 1.50 bits per heavy atom. The van der Waals surface area contributed by atoms with Crippen LogP contribution in [-0.4, -0.2) is 12.5 Å². The zero-order valence-electron chi connectivity index (χ0n) is 10.2. The second-order valence-corrected chi connectivity index (χ2v) is 4.15. The smallest absolute Gasteiger partial charge is 0.222 e. The van der Waals surface area contributed by atoms with Gasteiger partial charge in [0.2, 0.25) is 5.91 Å². The van der Waals surface area contributed by atoms with Crippen molar-refractivity contribution in [3.8, 4) is 0 Å². The first-order valence-electron chi connectivity index (χ1n) is 5.68. The molecule has 0 radical (unpaired) electrons. The number of hydrogen-bond acceptors (Lipinski definition) is 2. The topological polar surface area (TPSA) is 55.1 Å². The van der Waals surface area contributed by atoms with Crippen LogP contribution in [0.15, 0.2) is 18.2 Å². The molecule has 0 fully saturated rings. The van der Waals surface area contributed by atoms with Gasteiger partial charge in [-0.3, -0.25) is 4.79 Å². The van der Waals surface area contributed by atoms with Crippen LogP contribution in [0, 0.1) is 12.8 Å². The Morgan fingerprint density at radius 2 is 2.19 bits per heavy atom. The molecule has 0 aromatic heterocycles. The summed E-state index contributed by atoms with van der Waals surface area (Å²) in [6, 6.07) is 6.22. The molecule has 1 aromatic rings. The van der Waals surface area contributed by atoms with E-state index in [1.54, 1.807) is 0 Å². The van der Waals surface area contributed by atoms with Gasteiger partial charge in [-0.1, -0.05) is 32.0 Å². The normalized spacial score (nSPS) is 12.2. The van der Waals surface area contributed by atoms with E-state index in [9.17, 15) is 4.79 Å². The molecule has 0 saturated heterocycles. The molecule has 0 aliphatic carbocycles. The molecule has 1 amide bonds. The predicted octanol–water partition coefficient (Wildman–Crippen LogP) is 2.09. The van der Waals surface area contributed by atoms with E-state index in [2.05, 4.69) is 37.4 Å². The monoisotopic (exact) mass is 220 g/mol. The van der Waals surface area contributed by atoms with Crippen molar-refractivity contribution in [2.45, 2.75) is 27.2 Å². The summed E-state index contributed by atoms with van der Waals surface area (Å²) in [4.78, 5) is 10.9. The molecular weight excluding hydrogens is 200 g/mol. The Balaban J connectivity index is 2.76. The van der Waals surface area contributed by atoms with E-state index in [-0.39, 0.29) is 11.8 Å². The number of aryl methyl sites for hydroxylation is 2. The third-order valence-electron chi connectivity index (χ3n) is 2.81. The van der Waals surface area contributed by atoms with E-state index < -0.39 is 0 Å². The SMILES string of the molecule is CCc1cccc(C)c1NCC(C)C(N)=O. The third-order valence-corrected chi connectivity index (χ3v) is 2.81. The summed E-state index contributed by atoms with van der Waals surface area (Å²) in [5.41, 5.74) is 8.85. The number of hydrogen-bond donors (Lipinski definition) is 2. The van der Waals surface area contributed by atoms with Gasteiger partial charge in [-0.15, -0.1) is 0 Å². The van der Waals surface area contributed by atoms with Gasteiger partial charge in [-0.05, 0) is 24.5 Å². The Morgan fingerprint density at radius 3 is 2.75 bits per heavy atom. The number of primary amides is 1. The van der Waals surface area contributed by atoms with Crippen molar-refractivity contribution in [3.63, 3.8) is 0 Å². The number of carbonyl (C=O) groups is 1. The Hall–Kier alpha value is -1.51. The van der Waals surface area contributed by atoms with E-state index >= 15 is 0 Å². The number of amides is 1. The van der Waals surface area contributed by atoms with Crippen LogP contribution >= 0.6 is 0 Å². The summed E-state index contributed by atoms with van der Waals surface area (Å²) in [5, 5.41) is 3.31. The second kappa shape index (κ2) is 5.54. The van der Waals surface area contributed by atoms with E-state index in [1.165, 1.54) is 11.1 Å². The fourth-order valence-corrected chi connectivity index (χ4v) is 1.63. The zero-order chi connectivity index (χ0) is 12.1. The van der Waals surface area contributed by atoms with E-state index in [1.807, 2.05) is 6.92 Å². The number of benzene rings is 1. The maximum Gasteiger partial charge on any atom is 0.222 e. The van der Waals surface area contributed by atoms with Crippen molar-refractivity contribution in [2.75, 3.05) is 11.9 Å². The van der Waals surface area contributed by atoms with Crippen molar-refractivity contribution >= 4 is 11.6 Å². The molecule has 0 aliphatic heterocycles. The van der Waals surface area contributed by atoms with Gasteiger partial charge in [-0.25, -0.2) is 0 Å². The van der Waals surface area contributed by atoms with Crippen LogP contribution in [0.1, 0.15) is 25.0 Å². The molecule has 0 bridgehead atoms. The summed E-state index contributed by atoms with van der Waals surface area (Å²) in [5.74, 6) is -0.413. The largest absolute Gasteiger partial charge is 0.384 e. The molecule has 16 heavy (non-hydrogen) atoms. The first kappa shape index (κ1) is 12.6. The van der Waals surface area contributed by atoms with Gasteiger partial charge in [0.15, 0.2) is 0 Å².